The fourth-order valence-corrected chi connectivity index (χ4v) is 1.85. The maximum atomic E-state index is 11.8. The van der Waals surface area contributed by atoms with Crippen molar-refractivity contribution in [2.45, 2.75) is 33.4 Å². The summed E-state index contributed by atoms with van der Waals surface area (Å²) in [6.45, 7) is 6.95. The molecule has 0 spiro atoms. The number of pyridine rings is 2. The van der Waals surface area contributed by atoms with E-state index in [0.717, 1.165) is 17.9 Å². The number of hydrogen-bond donors (Lipinski definition) is 1. The lowest BCUT2D eigenvalue weighted by Gasteiger charge is -2.11. The molecule has 17 heavy (non-hydrogen) atoms. The molecule has 0 saturated carbocycles. The van der Waals surface area contributed by atoms with Crippen LogP contribution in [0.15, 0.2) is 29.3 Å². The zero-order chi connectivity index (χ0) is 12.4. The second kappa shape index (κ2) is 4.57. The zero-order valence-corrected chi connectivity index (χ0v) is 10.4. The molecule has 2 rings (SSSR count). The van der Waals surface area contributed by atoms with E-state index in [1.54, 1.807) is 18.5 Å². The van der Waals surface area contributed by atoms with Crippen molar-refractivity contribution >= 4 is 16.7 Å². The summed E-state index contributed by atoms with van der Waals surface area (Å²) in [5.41, 5.74) is 1.65. The van der Waals surface area contributed by atoms with Gasteiger partial charge in [0.25, 0.3) is 0 Å². The van der Waals surface area contributed by atoms with Crippen molar-refractivity contribution < 1.29 is 0 Å². The van der Waals surface area contributed by atoms with Gasteiger partial charge < -0.3 is 9.88 Å². The van der Waals surface area contributed by atoms with E-state index in [2.05, 4.69) is 24.1 Å². The highest BCUT2D eigenvalue weighted by molar-refractivity contribution is 5.78. The molecular weight excluding hydrogens is 214 g/mol. The highest BCUT2D eigenvalue weighted by Crippen LogP contribution is 2.14. The minimum absolute atomic E-state index is 0.0182. The molecule has 0 bridgehead atoms. The number of anilines is 1. The Labute approximate surface area is 100 Å². The maximum Gasteiger partial charge on any atom is 0.191 e. The van der Waals surface area contributed by atoms with E-state index in [1.807, 2.05) is 17.6 Å². The van der Waals surface area contributed by atoms with Crippen LogP contribution in [0.1, 0.15) is 20.8 Å². The Morgan fingerprint density at radius 2 is 2.24 bits per heavy atom. The third-order valence-electron chi connectivity index (χ3n) is 2.61. The third kappa shape index (κ3) is 2.30. The van der Waals surface area contributed by atoms with E-state index in [4.69, 9.17) is 0 Å². The van der Waals surface area contributed by atoms with Gasteiger partial charge in [0.05, 0.1) is 17.3 Å². The van der Waals surface area contributed by atoms with Gasteiger partial charge >= 0.3 is 0 Å². The molecule has 1 N–H and O–H groups in total. The molecule has 0 amide bonds. The molecule has 2 aromatic heterocycles. The van der Waals surface area contributed by atoms with Gasteiger partial charge in [-0.05, 0) is 26.8 Å². The van der Waals surface area contributed by atoms with Crippen molar-refractivity contribution in [3.8, 4) is 0 Å². The number of rotatable bonds is 3. The minimum Gasteiger partial charge on any atom is -0.382 e. The molecule has 0 fully saturated rings. The second-order valence-electron chi connectivity index (χ2n) is 4.36. The molecule has 90 valence electrons. The first kappa shape index (κ1) is 11.6. The summed E-state index contributed by atoms with van der Waals surface area (Å²) in [6.07, 6.45) is 3.56. The van der Waals surface area contributed by atoms with Crippen LogP contribution < -0.4 is 10.7 Å². The largest absolute Gasteiger partial charge is 0.382 e. The molecule has 0 saturated heterocycles. The first-order valence-electron chi connectivity index (χ1n) is 5.87. The van der Waals surface area contributed by atoms with Crippen molar-refractivity contribution in [2.75, 3.05) is 5.32 Å². The van der Waals surface area contributed by atoms with Crippen LogP contribution >= 0.6 is 0 Å². The Hall–Kier alpha value is -1.84. The molecule has 0 aromatic carbocycles. The van der Waals surface area contributed by atoms with Gasteiger partial charge in [-0.3, -0.25) is 4.79 Å². The smallest absolute Gasteiger partial charge is 0.191 e. The lowest BCUT2D eigenvalue weighted by Crippen LogP contribution is -2.12. The van der Waals surface area contributed by atoms with Crippen LogP contribution in [0.2, 0.25) is 0 Å². The first-order valence-corrected chi connectivity index (χ1v) is 5.87. The molecular formula is C13H17N3O. The van der Waals surface area contributed by atoms with Crippen molar-refractivity contribution in [3.05, 3.63) is 34.7 Å². The highest BCUT2D eigenvalue weighted by Gasteiger charge is 2.05. The summed E-state index contributed by atoms with van der Waals surface area (Å²) < 4.78 is 1.97. The van der Waals surface area contributed by atoms with Crippen LogP contribution in [-0.2, 0) is 6.54 Å². The second-order valence-corrected chi connectivity index (χ2v) is 4.36. The average molecular weight is 231 g/mol. The fraction of sp³-hybridized carbons (Fsp3) is 0.385. The Morgan fingerprint density at radius 3 is 2.88 bits per heavy atom. The Kier molecular flexibility index (Phi) is 3.13. The summed E-state index contributed by atoms with van der Waals surface area (Å²) in [4.78, 5) is 16.2. The maximum absolute atomic E-state index is 11.8. The van der Waals surface area contributed by atoms with Crippen molar-refractivity contribution in [1.82, 2.24) is 9.55 Å². The van der Waals surface area contributed by atoms with Gasteiger partial charge in [0.1, 0.15) is 5.65 Å². The molecule has 4 heteroatoms. The lowest BCUT2D eigenvalue weighted by molar-refractivity contribution is 0.777. The number of fused-ring (bicyclic) bond motifs is 1. The van der Waals surface area contributed by atoms with Crippen LogP contribution in [0.4, 0.5) is 5.69 Å². The molecule has 0 atom stereocenters. The van der Waals surface area contributed by atoms with Gasteiger partial charge in [-0.25, -0.2) is 4.98 Å². The standard InChI is InChI=1S/C13H17N3O/c1-4-16-6-5-12(17)11-7-10(15-9(2)3)8-14-13(11)16/h5-9,15H,4H2,1-3H3. The monoisotopic (exact) mass is 231 g/mol. The normalized spacial score (nSPS) is 11.1. The molecule has 0 radical (unpaired) electrons. The topological polar surface area (TPSA) is 46.9 Å². The van der Waals surface area contributed by atoms with E-state index >= 15 is 0 Å². The van der Waals surface area contributed by atoms with Gasteiger partial charge in [-0.15, -0.1) is 0 Å². The minimum atomic E-state index is 0.0182. The predicted molar refractivity (Wildman–Crippen MR) is 70.4 cm³/mol. The van der Waals surface area contributed by atoms with Crippen molar-refractivity contribution in [1.29, 1.82) is 0 Å². The number of hydrogen-bond acceptors (Lipinski definition) is 3. The SMILES string of the molecule is CCn1ccc(=O)c2cc(NC(C)C)cnc21. The summed E-state index contributed by atoms with van der Waals surface area (Å²) in [6, 6.07) is 3.79. The number of nitrogens with zero attached hydrogens (tertiary/aromatic N) is 2. The van der Waals surface area contributed by atoms with Gasteiger partial charge in [0.15, 0.2) is 5.43 Å². The zero-order valence-electron chi connectivity index (χ0n) is 10.4. The summed E-state index contributed by atoms with van der Waals surface area (Å²) in [5, 5.41) is 3.92. The van der Waals surface area contributed by atoms with Gasteiger partial charge in [-0.1, -0.05) is 0 Å². The number of aryl methyl sites for hydroxylation is 1. The van der Waals surface area contributed by atoms with E-state index in [1.165, 1.54) is 0 Å². The third-order valence-corrected chi connectivity index (χ3v) is 2.61. The molecule has 0 aliphatic heterocycles. The van der Waals surface area contributed by atoms with Gasteiger partial charge in [0.2, 0.25) is 0 Å². The van der Waals surface area contributed by atoms with Gasteiger partial charge in [-0.2, -0.15) is 0 Å². The van der Waals surface area contributed by atoms with Crippen LogP contribution in [0.3, 0.4) is 0 Å². The molecule has 2 aromatic rings. The Balaban J connectivity index is 2.61. The van der Waals surface area contributed by atoms with E-state index < -0.39 is 0 Å². The van der Waals surface area contributed by atoms with Crippen LogP contribution in [0.5, 0.6) is 0 Å². The quantitative estimate of drug-likeness (QED) is 0.881. The average Bonchev–Trinajstić information content (AvgIpc) is 2.29. The van der Waals surface area contributed by atoms with Crippen LogP contribution in [0, 0.1) is 0 Å². The Bertz CT molecular complexity index is 587. The van der Waals surface area contributed by atoms with Crippen molar-refractivity contribution in [2.24, 2.45) is 0 Å². The van der Waals surface area contributed by atoms with E-state index in [9.17, 15) is 4.79 Å². The Morgan fingerprint density at radius 1 is 1.47 bits per heavy atom. The summed E-state index contributed by atoms with van der Waals surface area (Å²) in [5.74, 6) is 0. The molecule has 0 aliphatic carbocycles. The summed E-state index contributed by atoms with van der Waals surface area (Å²) in [7, 11) is 0. The van der Waals surface area contributed by atoms with E-state index in [0.29, 0.717) is 11.4 Å². The molecule has 0 aliphatic rings. The van der Waals surface area contributed by atoms with Crippen molar-refractivity contribution in [3.63, 3.8) is 0 Å². The molecule has 2 heterocycles. The number of nitrogens with one attached hydrogen (secondary N) is 1. The van der Waals surface area contributed by atoms with Crippen LogP contribution in [-0.4, -0.2) is 15.6 Å². The molecule has 4 nitrogen and oxygen atoms in total. The molecule has 0 unspecified atom stereocenters. The first-order chi connectivity index (χ1) is 8.11. The van der Waals surface area contributed by atoms with E-state index in [-0.39, 0.29) is 5.43 Å². The van der Waals surface area contributed by atoms with Gasteiger partial charge in [0, 0.05) is 24.8 Å². The lowest BCUT2D eigenvalue weighted by atomic mass is 10.2. The predicted octanol–water partition coefficient (Wildman–Crippen LogP) is 2.24. The highest BCUT2D eigenvalue weighted by atomic mass is 16.1. The number of aromatic nitrogens is 2. The fourth-order valence-electron chi connectivity index (χ4n) is 1.85. The van der Waals surface area contributed by atoms with Crippen LogP contribution in [0.25, 0.3) is 11.0 Å². The summed E-state index contributed by atoms with van der Waals surface area (Å²) >= 11 is 0.